The van der Waals surface area contributed by atoms with E-state index in [4.69, 9.17) is 9.47 Å². The zero-order valence-corrected chi connectivity index (χ0v) is 19.1. The molecule has 3 rings (SSSR count). The van der Waals surface area contributed by atoms with E-state index in [2.05, 4.69) is 27.1 Å². The smallest absolute Gasteiger partial charge is 0.161 e. The number of rotatable bonds is 12. The van der Waals surface area contributed by atoms with Gasteiger partial charge >= 0.3 is 0 Å². The average Bonchev–Trinajstić information content (AvgIpc) is 3.21. The molecule has 1 saturated heterocycles. The fraction of sp³-hybridized carbons (Fsp3) is 0.609. The Morgan fingerprint density at radius 3 is 2.58 bits per heavy atom. The molecule has 0 amide bonds. The summed E-state index contributed by atoms with van der Waals surface area (Å²) in [6.45, 7) is 9.93. The minimum Gasteiger partial charge on any atom is -0.493 e. The summed E-state index contributed by atoms with van der Waals surface area (Å²) in [7, 11) is 3.57. The maximum atomic E-state index is 10.4. The van der Waals surface area contributed by atoms with Gasteiger partial charge in [-0.3, -0.25) is 9.58 Å². The number of aliphatic hydroxyl groups is 1. The Morgan fingerprint density at radius 1 is 1.13 bits per heavy atom. The lowest BCUT2D eigenvalue weighted by Crippen LogP contribution is -2.49. The quantitative estimate of drug-likeness (QED) is 0.488. The second-order valence-electron chi connectivity index (χ2n) is 8.13. The Labute approximate surface area is 185 Å². The van der Waals surface area contributed by atoms with Gasteiger partial charge in [-0.1, -0.05) is 13.0 Å². The summed E-state index contributed by atoms with van der Waals surface area (Å²) >= 11 is 0. The van der Waals surface area contributed by atoms with Crippen molar-refractivity contribution in [3.05, 3.63) is 41.7 Å². The van der Waals surface area contributed by atoms with Crippen LogP contribution in [-0.2, 0) is 20.0 Å². The summed E-state index contributed by atoms with van der Waals surface area (Å²) in [4.78, 5) is 4.73. The molecule has 1 aromatic carbocycles. The van der Waals surface area contributed by atoms with E-state index in [1.807, 2.05) is 42.3 Å². The number of ether oxygens (including phenoxy) is 2. The van der Waals surface area contributed by atoms with Gasteiger partial charge in [0.25, 0.3) is 0 Å². The zero-order valence-electron chi connectivity index (χ0n) is 19.1. The van der Waals surface area contributed by atoms with E-state index >= 15 is 0 Å². The van der Waals surface area contributed by atoms with Crippen molar-refractivity contribution in [3.8, 4) is 11.5 Å². The molecule has 1 unspecified atom stereocenters. The van der Waals surface area contributed by atoms with Gasteiger partial charge < -0.3 is 24.8 Å². The highest BCUT2D eigenvalue weighted by Gasteiger charge is 2.19. The monoisotopic (exact) mass is 431 g/mol. The van der Waals surface area contributed by atoms with Gasteiger partial charge in [-0.25, -0.2) is 0 Å². The van der Waals surface area contributed by atoms with E-state index in [0.717, 1.165) is 57.8 Å². The maximum Gasteiger partial charge on any atom is 0.161 e. The minimum absolute atomic E-state index is 0.257. The molecule has 1 atom stereocenters. The van der Waals surface area contributed by atoms with Crippen molar-refractivity contribution in [1.82, 2.24) is 24.9 Å². The first-order valence-electron chi connectivity index (χ1n) is 11.2. The molecule has 0 bridgehead atoms. The van der Waals surface area contributed by atoms with E-state index in [9.17, 15) is 5.11 Å². The topological polar surface area (TPSA) is 75.0 Å². The fourth-order valence-electron chi connectivity index (χ4n) is 3.83. The second-order valence-corrected chi connectivity index (χ2v) is 8.13. The zero-order chi connectivity index (χ0) is 22.1. The third-order valence-corrected chi connectivity index (χ3v) is 5.72. The van der Waals surface area contributed by atoms with Crippen LogP contribution in [0.5, 0.6) is 11.5 Å². The van der Waals surface area contributed by atoms with Crippen LogP contribution in [0.3, 0.4) is 0 Å². The van der Waals surface area contributed by atoms with Crippen molar-refractivity contribution in [1.29, 1.82) is 0 Å². The van der Waals surface area contributed by atoms with Crippen LogP contribution in [0.15, 0.2) is 30.6 Å². The number of hydrogen-bond donors (Lipinski definition) is 2. The molecule has 172 valence electrons. The number of β-amino-alcohol motifs (C(OH)–C–C–N with tert-alkyl or cyclic N) is 1. The summed E-state index contributed by atoms with van der Waals surface area (Å²) in [5.74, 6) is 1.35. The lowest BCUT2D eigenvalue weighted by Gasteiger charge is -2.34. The van der Waals surface area contributed by atoms with E-state index in [1.165, 1.54) is 5.56 Å². The molecule has 1 aliphatic heterocycles. The molecule has 8 nitrogen and oxygen atoms in total. The molecule has 0 radical (unpaired) electrons. The van der Waals surface area contributed by atoms with Crippen LogP contribution in [-0.4, -0.2) is 90.3 Å². The lowest BCUT2D eigenvalue weighted by molar-refractivity contribution is 0.0464. The number of aryl methyl sites for hydroxylation is 1. The Bertz CT molecular complexity index is 789. The van der Waals surface area contributed by atoms with Crippen molar-refractivity contribution >= 4 is 0 Å². The van der Waals surface area contributed by atoms with Crippen molar-refractivity contribution < 1.29 is 14.6 Å². The minimum atomic E-state index is -0.522. The summed E-state index contributed by atoms with van der Waals surface area (Å²) in [6.07, 6.45) is 4.36. The van der Waals surface area contributed by atoms with Crippen LogP contribution in [0.1, 0.15) is 18.1 Å². The van der Waals surface area contributed by atoms with Gasteiger partial charge in [0, 0.05) is 52.5 Å². The predicted octanol–water partition coefficient (Wildman–Crippen LogP) is 1.14. The Hall–Kier alpha value is -2.13. The third-order valence-electron chi connectivity index (χ3n) is 5.72. The summed E-state index contributed by atoms with van der Waals surface area (Å²) < 4.78 is 13.2. The van der Waals surface area contributed by atoms with Crippen molar-refractivity contribution in [2.75, 3.05) is 59.5 Å². The summed E-state index contributed by atoms with van der Waals surface area (Å²) in [6, 6.07) is 5.94. The molecule has 2 N–H and O–H groups in total. The van der Waals surface area contributed by atoms with Gasteiger partial charge in [0.1, 0.15) is 12.7 Å². The molecule has 1 aromatic heterocycles. The largest absolute Gasteiger partial charge is 0.493 e. The molecule has 1 fully saturated rings. The van der Waals surface area contributed by atoms with Crippen LogP contribution in [0.2, 0.25) is 0 Å². The maximum absolute atomic E-state index is 10.4. The summed E-state index contributed by atoms with van der Waals surface area (Å²) in [5.41, 5.74) is 2.35. The van der Waals surface area contributed by atoms with Gasteiger partial charge in [0.2, 0.25) is 0 Å². The predicted molar refractivity (Wildman–Crippen MR) is 122 cm³/mol. The molecule has 2 heterocycles. The number of nitrogens with zero attached hydrogens (tertiary/aromatic N) is 4. The van der Waals surface area contributed by atoms with E-state index in [1.54, 1.807) is 7.11 Å². The number of nitrogens with one attached hydrogen (secondary N) is 1. The van der Waals surface area contributed by atoms with Crippen LogP contribution in [0.25, 0.3) is 0 Å². The molecular formula is C23H37N5O3. The van der Waals surface area contributed by atoms with Gasteiger partial charge in [0.15, 0.2) is 11.5 Å². The molecule has 31 heavy (non-hydrogen) atoms. The SMILES string of the molecule is CCN1CCN(CC(O)COc2ccc(CNCCc3cnn(C)c3)cc2OC)CC1. The van der Waals surface area contributed by atoms with Crippen molar-refractivity contribution in [2.45, 2.75) is 26.0 Å². The standard InChI is InChI=1S/C23H37N5O3/c1-4-27-9-11-28(12-10-27)17-21(29)18-31-22-6-5-19(13-23(22)30-3)14-24-8-7-20-15-25-26(2)16-20/h5-6,13,15-16,21,24,29H,4,7-12,14,17-18H2,1-3H3. The first kappa shape index (κ1) is 23.5. The van der Waals surface area contributed by atoms with Crippen molar-refractivity contribution in [3.63, 3.8) is 0 Å². The second kappa shape index (κ2) is 12.0. The van der Waals surface area contributed by atoms with Gasteiger partial charge in [0.05, 0.1) is 13.3 Å². The highest BCUT2D eigenvalue weighted by Crippen LogP contribution is 2.28. The van der Waals surface area contributed by atoms with E-state index in [0.29, 0.717) is 18.0 Å². The van der Waals surface area contributed by atoms with E-state index < -0.39 is 6.10 Å². The lowest BCUT2D eigenvalue weighted by atomic mass is 10.2. The first-order chi connectivity index (χ1) is 15.1. The molecule has 2 aromatic rings. The highest BCUT2D eigenvalue weighted by molar-refractivity contribution is 5.43. The molecule has 0 spiro atoms. The molecular weight excluding hydrogens is 394 g/mol. The van der Waals surface area contributed by atoms with Crippen molar-refractivity contribution in [2.24, 2.45) is 7.05 Å². The third kappa shape index (κ3) is 7.50. The number of piperazine rings is 1. The Kier molecular flexibility index (Phi) is 9.14. The number of methoxy groups -OCH3 is 1. The molecule has 1 aliphatic rings. The fourth-order valence-corrected chi connectivity index (χ4v) is 3.83. The van der Waals surface area contributed by atoms with Crippen LogP contribution < -0.4 is 14.8 Å². The number of likely N-dealkylation sites (N-methyl/N-ethyl adjacent to an activating group) is 1. The number of aromatic nitrogens is 2. The van der Waals surface area contributed by atoms with Crippen LogP contribution >= 0.6 is 0 Å². The van der Waals surface area contributed by atoms with Gasteiger partial charge in [-0.15, -0.1) is 0 Å². The highest BCUT2D eigenvalue weighted by atomic mass is 16.5. The van der Waals surface area contributed by atoms with Crippen LogP contribution in [0.4, 0.5) is 0 Å². The number of aliphatic hydroxyl groups excluding tert-OH is 1. The van der Waals surface area contributed by atoms with E-state index in [-0.39, 0.29) is 6.61 Å². The number of benzene rings is 1. The Balaban J connectivity index is 1.40. The Morgan fingerprint density at radius 2 is 1.90 bits per heavy atom. The van der Waals surface area contributed by atoms with Gasteiger partial charge in [-0.2, -0.15) is 5.10 Å². The molecule has 0 aliphatic carbocycles. The molecule has 8 heteroatoms. The summed E-state index contributed by atoms with van der Waals surface area (Å²) in [5, 5.41) is 18.0. The number of hydrogen-bond acceptors (Lipinski definition) is 7. The average molecular weight is 432 g/mol. The van der Waals surface area contributed by atoms with Gasteiger partial charge in [-0.05, 0) is 42.8 Å². The first-order valence-corrected chi connectivity index (χ1v) is 11.2. The molecule has 0 saturated carbocycles. The normalized spacial score (nSPS) is 16.4. The van der Waals surface area contributed by atoms with Crippen LogP contribution in [0, 0.1) is 0 Å².